The molecule has 160 valence electrons. The minimum absolute atomic E-state index is 0.0544. The van der Waals surface area contributed by atoms with Gasteiger partial charge < -0.3 is 24.4 Å². The molecule has 2 heterocycles. The van der Waals surface area contributed by atoms with Crippen LogP contribution in [0.15, 0.2) is 12.1 Å². The molecule has 1 unspecified atom stereocenters. The highest BCUT2D eigenvalue weighted by Gasteiger charge is 2.30. The molecule has 7 nitrogen and oxygen atoms in total. The molecule has 2 amide bonds. The van der Waals surface area contributed by atoms with Crippen LogP contribution in [0.3, 0.4) is 0 Å². The first kappa shape index (κ1) is 21.3. The summed E-state index contributed by atoms with van der Waals surface area (Å²) in [6.45, 7) is 4.87. The monoisotopic (exact) mass is 404 g/mol. The molecule has 2 aliphatic heterocycles. The molecule has 0 saturated carbocycles. The van der Waals surface area contributed by atoms with Gasteiger partial charge in [-0.3, -0.25) is 9.59 Å². The Balaban J connectivity index is 1.61. The molecule has 1 atom stereocenters. The minimum atomic E-state index is -0.155. The number of nitrogens with one attached hydrogen (secondary N) is 1. The van der Waals surface area contributed by atoms with E-state index in [2.05, 4.69) is 12.2 Å². The van der Waals surface area contributed by atoms with Crippen LogP contribution in [0.25, 0.3) is 0 Å². The van der Waals surface area contributed by atoms with E-state index in [4.69, 9.17) is 14.2 Å². The van der Waals surface area contributed by atoms with Crippen molar-refractivity contribution in [3.63, 3.8) is 0 Å². The number of ether oxygens (including phenoxy) is 3. The van der Waals surface area contributed by atoms with Crippen molar-refractivity contribution >= 4 is 11.8 Å². The van der Waals surface area contributed by atoms with Crippen LogP contribution in [-0.2, 0) is 4.79 Å². The molecule has 2 aliphatic rings. The molecule has 1 fully saturated rings. The van der Waals surface area contributed by atoms with E-state index in [1.165, 1.54) is 12.8 Å². The van der Waals surface area contributed by atoms with Crippen LogP contribution < -0.4 is 19.5 Å². The van der Waals surface area contributed by atoms with Crippen molar-refractivity contribution in [1.82, 2.24) is 10.2 Å². The summed E-state index contributed by atoms with van der Waals surface area (Å²) in [5.74, 6) is 1.34. The summed E-state index contributed by atoms with van der Waals surface area (Å²) in [6, 6.07) is 3.39. The summed E-state index contributed by atoms with van der Waals surface area (Å²) in [5, 5.41) is 3.04. The van der Waals surface area contributed by atoms with Gasteiger partial charge in [-0.1, -0.05) is 26.2 Å². The Morgan fingerprint density at radius 3 is 2.83 bits per heavy atom. The number of piperidine rings is 1. The number of hydrogen-bond donors (Lipinski definition) is 1. The summed E-state index contributed by atoms with van der Waals surface area (Å²) in [7, 11) is 1.55. The first-order valence-electron chi connectivity index (χ1n) is 10.7. The number of methoxy groups -OCH3 is 1. The number of hydrogen-bond acceptors (Lipinski definition) is 5. The van der Waals surface area contributed by atoms with E-state index < -0.39 is 0 Å². The number of unbranched alkanes of at least 4 members (excludes halogenated alkanes) is 3. The van der Waals surface area contributed by atoms with Crippen LogP contribution in [0, 0.1) is 5.92 Å². The number of amides is 2. The average Bonchev–Trinajstić information content (AvgIpc) is 2.77. The fraction of sp³-hybridized carbons (Fsp3) is 0.636. The Labute approximate surface area is 172 Å². The van der Waals surface area contributed by atoms with Crippen molar-refractivity contribution in [3.05, 3.63) is 17.7 Å². The number of fused-ring (bicyclic) bond motifs is 1. The van der Waals surface area contributed by atoms with E-state index in [1.807, 2.05) is 0 Å². The maximum absolute atomic E-state index is 13.1. The van der Waals surface area contributed by atoms with Crippen LogP contribution in [0.5, 0.6) is 17.2 Å². The maximum atomic E-state index is 13.1. The zero-order valence-electron chi connectivity index (χ0n) is 17.5. The molecule has 1 aromatic carbocycles. The minimum Gasteiger partial charge on any atom is -0.493 e. The molecular formula is C22H32N2O5. The van der Waals surface area contributed by atoms with Gasteiger partial charge >= 0.3 is 0 Å². The number of benzene rings is 1. The quantitative estimate of drug-likeness (QED) is 0.674. The number of carbonyl (C=O) groups is 2. The van der Waals surface area contributed by atoms with Gasteiger partial charge in [-0.2, -0.15) is 0 Å². The van der Waals surface area contributed by atoms with Crippen molar-refractivity contribution in [2.45, 2.75) is 45.4 Å². The lowest BCUT2D eigenvalue weighted by atomic mass is 9.96. The van der Waals surface area contributed by atoms with Gasteiger partial charge in [0.2, 0.25) is 11.7 Å². The topological polar surface area (TPSA) is 77.1 Å². The van der Waals surface area contributed by atoms with Crippen molar-refractivity contribution in [3.8, 4) is 17.2 Å². The second-order valence-electron chi connectivity index (χ2n) is 7.64. The molecule has 0 aliphatic carbocycles. The molecule has 0 bridgehead atoms. The third-order valence-electron chi connectivity index (χ3n) is 5.48. The standard InChI is InChI=1S/C22H32N2O5/c1-3-4-5-6-9-23-21(25)16-8-7-10-24(15-16)22(26)17-13-18(27-2)20-19(14-17)28-11-12-29-20/h13-14,16H,3-12,15H2,1-2H3,(H,23,25). The Hall–Kier alpha value is -2.44. The second-order valence-corrected chi connectivity index (χ2v) is 7.64. The SMILES string of the molecule is CCCCCCNC(=O)C1CCCN(C(=O)c2cc(OC)c3c(c2)OCCO3)C1. The summed E-state index contributed by atoms with van der Waals surface area (Å²) in [4.78, 5) is 27.4. The molecule has 1 N–H and O–H groups in total. The highest BCUT2D eigenvalue weighted by atomic mass is 16.6. The molecule has 0 radical (unpaired) electrons. The molecule has 7 heteroatoms. The maximum Gasteiger partial charge on any atom is 0.254 e. The predicted octanol–water partition coefficient (Wildman–Crippen LogP) is 3.02. The fourth-order valence-corrected chi connectivity index (χ4v) is 3.86. The lowest BCUT2D eigenvalue weighted by Crippen LogP contribution is -2.45. The normalized spacial score (nSPS) is 18.3. The summed E-state index contributed by atoms with van der Waals surface area (Å²) >= 11 is 0. The number of nitrogens with zero attached hydrogens (tertiary/aromatic N) is 1. The fourth-order valence-electron chi connectivity index (χ4n) is 3.86. The molecule has 1 aromatic rings. The van der Waals surface area contributed by atoms with Crippen LogP contribution >= 0.6 is 0 Å². The smallest absolute Gasteiger partial charge is 0.254 e. The van der Waals surface area contributed by atoms with Crippen LogP contribution in [0.1, 0.15) is 55.8 Å². The number of rotatable bonds is 8. The molecule has 1 saturated heterocycles. The van der Waals surface area contributed by atoms with E-state index in [0.717, 1.165) is 25.7 Å². The first-order chi connectivity index (χ1) is 14.1. The van der Waals surface area contributed by atoms with Crippen LogP contribution in [0.4, 0.5) is 0 Å². The summed E-state index contributed by atoms with van der Waals surface area (Å²) in [5.41, 5.74) is 0.492. The van der Waals surface area contributed by atoms with Gasteiger partial charge in [0.15, 0.2) is 11.5 Å². The largest absolute Gasteiger partial charge is 0.493 e. The van der Waals surface area contributed by atoms with E-state index >= 15 is 0 Å². The van der Waals surface area contributed by atoms with Gasteiger partial charge in [-0.15, -0.1) is 0 Å². The molecule has 3 rings (SSSR count). The van der Waals surface area contributed by atoms with Crippen molar-refractivity contribution in [2.75, 3.05) is 40.0 Å². The van der Waals surface area contributed by atoms with E-state index in [-0.39, 0.29) is 17.7 Å². The second kappa shape index (κ2) is 10.4. The van der Waals surface area contributed by atoms with Crippen molar-refractivity contribution in [1.29, 1.82) is 0 Å². The van der Waals surface area contributed by atoms with E-state index in [1.54, 1.807) is 24.1 Å². The van der Waals surface area contributed by atoms with Crippen LogP contribution in [-0.4, -0.2) is 56.7 Å². The highest BCUT2D eigenvalue weighted by molar-refractivity contribution is 5.96. The third-order valence-corrected chi connectivity index (χ3v) is 5.48. The molecule has 29 heavy (non-hydrogen) atoms. The zero-order chi connectivity index (χ0) is 20.6. The summed E-state index contributed by atoms with van der Waals surface area (Å²) in [6.07, 6.45) is 6.15. The van der Waals surface area contributed by atoms with Crippen molar-refractivity contribution < 1.29 is 23.8 Å². The third kappa shape index (κ3) is 5.34. The lowest BCUT2D eigenvalue weighted by molar-refractivity contribution is -0.126. The van der Waals surface area contributed by atoms with Crippen LogP contribution in [0.2, 0.25) is 0 Å². The lowest BCUT2D eigenvalue weighted by Gasteiger charge is -2.32. The Morgan fingerprint density at radius 2 is 2.03 bits per heavy atom. The van der Waals surface area contributed by atoms with E-state index in [0.29, 0.717) is 55.7 Å². The number of likely N-dealkylation sites (tertiary alicyclic amines) is 1. The Bertz CT molecular complexity index is 704. The molecule has 0 spiro atoms. The summed E-state index contributed by atoms with van der Waals surface area (Å²) < 4.78 is 16.6. The number of carbonyl (C=O) groups excluding carboxylic acids is 2. The zero-order valence-corrected chi connectivity index (χ0v) is 17.5. The van der Waals surface area contributed by atoms with Gasteiger partial charge in [0.05, 0.1) is 13.0 Å². The van der Waals surface area contributed by atoms with Gasteiger partial charge in [0, 0.05) is 25.2 Å². The van der Waals surface area contributed by atoms with E-state index in [9.17, 15) is 9.59 Å². The van der Waals surface area contributed by atoms with Gasteiger partial charge in [0.25, 0.3) is 5.91 Å². The molecular weight excluding hydrogens is 372 g/mol. The average molecular weight is 405 g/mol. The van der Waals surface area contributed by atoms with Gasteiger partial charge in [-0.25, -0.2) is 0 Å². The first-order valence-corrected chi connectivity index (χ1v) is 10.7. The Kier molecular flexibility index (Phi) is 7.61. The Morgan fingerprint density at radius 1 is 1.21 bits per heavy atom. The van der Waals surface area contributed by atoms with Gasteiger partial charge in [-0.05, 0) is 31.4 Å². The molecule has 0 aromatic heterocycles. The highest BCUT2D eigenvalue weighted by Crippen LogP contribution is 2.40. The predicted molar refractivity (Wildman–Crippen MR) is 110 cm³/mol. The van der Waals surface area contributed by atoms with Gasteiger partial charge in [0.1, 0.15) is 13.2 Å². The van der Waals surface area contributed by atoms with Crippen molar-refractivity contribution in [2.24, 2.45) is 5.92 Å².